The largest absolute Gasteiger partial charge is 0.358 e. The molecule has 0 saturated carbocycles. The minimum atomic E-state index is -1.26. The zero-order valence-corrected chi connectivity index (χ0v) is 21.1. The van der Waals surface area contributed by atoms with Gasteiger partial charge >= 0.3 is 0 Å². The van der Waals surface area contributed by atoms with Gasteiger partial charge in [-0.05, 0) is 38.0 Å². The number of halogens is 2. The molecule has 1 fully saturated rings. The highest BCUT2D eigenvalue weighted by Crippen LogP contribution is 2.35. The maximum Gasteiger partial charge on any atom is 0.283 e. The number of hydrogen-bond acceptors (Lipinski definition) is 5. The highest BCUT2D eigenvalue weighted by atomic mass is 35.5. The van der Waals surface area contributed by atoms with E-state index in [0.717, 1.165) is 32.0 Å². The first-order chi connectivity index (χ1) is 15.3. The minimum absolute atomic E-state index is 0.216. The van der Waals surface area contributed by atoms with Gasteiger partial charge in [0.25, 0.3) is 5.56 Å². The lowest BCUT2D eigenvalue weighted by Gasteiger charge is -2.32. The highest BCUT2D eigenvalue weighted by Gasteiger charge is 2.29. The van der Waals surface area contributed by atoms with E-state index in [1.165, 1.54) is 0 Å². The molecule has 172 valence electrons. The molecular formula is C22H29Cl2N5O2Si. The number of aromatic amines is 1. The predicted octanol–water partition coefficient (Wildman–Crippen LogP) is 4.95. The second-order valence-corrected chi connectivity index (χ2v) is 15.9. The number of benzene rings is 1. The molecule has 1 atom stereocenters. The Morgan fingerprint density at radius 2 is 1.97 bits per heavy atom. The number of nitrogens with zero attached hydrogens (tertiary/aromatic N) is 3. The van der Waals surface area contributed by atoms with E-state index in [0.29, 0.717) is 33.4 Å². The summed E-state index contributed by atoms with van der Waals surface area (Å²) in [5.41, 5.74) is 1.77. The van der Waals surface area contributed by atoms with Gasteiger partial charge < -0.3 is 10.1 Å². The predicted molar refractivity (Wildman–Crippen MR) is 132 cm³/mol. The third-order valence-electron chi connectivity index (χ3n) is 5.91. The van der Waals surface area contributed by atoms with Crippen molar-refractivity contribution in [1.29, 1.82) is 0 Å². The lowest BCUT2D eigenvalue weighted by molar-refractivity contribution is -0.0447. The van der Waals surface area contributed by atoms with Crippen LogP contribution < -0.4 is 10.9 Å². The van der Waals surface area contributed by atoms with Gasteiger partial charge in [0.1, 0.15) is 18.1 Å². The summed E-state index contributed by atoms with van der Waals surface area (Å²) in [4.78, 5) is 18.1. The fourth-order valence-electron chi connectivity index (χ4n) is 4.03. The van der Waals surface area contributed by atoms with E-state index in [9.17, 15) is 4.79 Å². The zero-order valence-electron chi connectivity index (χ0n) is 18.6. The van der Waals surface area contributed by atoms with Crippen molar-refractivity contribution < 1.29 is 4.74 Å². The molecule has 1 aromatic carbocycles. The van der Waals surface area contributed by atoms with Crippen molar-refractivity contribution in [2.45, 2.75) is 44.8 Å². The molecule has 32 heavy (non-hydrogen) atoms. The van der Waals surface area contributed by atoms with E-state index in [1.54, 1.807) is 23.0 Å². The number of ether oxygens (including phenoxy) is 1. The molecule has 0 aliphatic carbocycles. The fraction of sp³-hybridized carbons (Fsp3) is 0.500. The van der Waals surface area contributed by atoms with Gasteiger partial charge in [-0.25, -0.2) is 4.98 Å². The van der Waals surface area contributed by atoms with E-state index >= 15 is 0 Å². The van der Waals surface area contributed by atoms with Crippen LogP contribution in [0, 0.1) is 5.92 Å². The molecule has 10 heteroatoms. The molecular weight excluding hydrogens is 465 g/mol. The van der Waals surface area contributed by atoms with Crippen LogP contribution in [0.25, 0.3) is 22.3 Å². The number of fused-ring (bicyclic) bond motifs is 1. The normalized spacial score (nSPS) is 16.5. The Labute approximate surface area is 198 Å². The monoisotopic (exact) mass is 493 g/mol. The summed E-state index contributed by atoms with van der Waals surface area (Å²) in [5, 5.41) is 11.4. The number of rotatable bonds is 7. The summed E-state index contributed by atoms with van der Waals surface area (Å²) < 4.78 is 7.97. The molecule has 0 radical (unpaired) electrons. The van der Waals surface area contributed by atoms with Gasteiger partial charge in [-0.3, -0.25) is 14.5 Å². The van der Waals surface area contributed by atoms with Gasteiger partial charge in [0.15, 0.2) is 5.52 Å². The van der Waals surface area contributed by atoms with Crippen molar-refractivity contribution in [2.75, 3.05) is 19.7 Å². The number of hydrogen-bond donors (Lipinski definition) is 2. The third-order valence-corrected chi connectivity index (χ3v) is 8.43. The standard InChI is InChI=1S/C22H29Cl2N5O2Si/c1-32(2,3)12-11-31-22(14-7-9-25-10-8-14)29-13-26-19-18(27-28-20(19)21(29)30)15-5-4-6-16(23)17(15)24/h4-6,13-14,22,25H,7-12H2,1-3H3,(H,27,28). The molecule has 1 aliphatic heterocycles. The molecule has 2 aromatic heterocycles. The van der Waals surface area contributed by atoms with Crippen molar-refractivity contribution >= 4 is 42.3 Å². The second kappa shape index (κ2) is 9.65. The molecule has 0 amide bonds. The van der Waals surface area contributed by atoms with E-state index < -0.39 is 8.07 Å². The summed E-state index contributed by atoms with van der Waals surface area (Å²) in [6.07, 6.45) is 3.13. The lowest BCUT2D eigenvalue weighted by Crippen LogP contribution is -2.38. The van der Waals surface area contributed by atoms with Gasteiger partial charge in [0, 0.05) is 26.2 Å². The van der Waals surface area contributed by atoms with Crippen LogP contribution in [0.4, 0.5) is 0 Å². The first-order valence-electron chi connectivity index (χ1n) is 11.0. The molecule has 1 aliphatic rings. The maximum atomic E-state index is 13.5. The van der Waals surface area contributed by atoms with Gasteiger partial charge in [0.2, 0.25) is 0 Å². The average Bonchev–Trinajstić information content (AvgIpc) is 3.19. The van der Waals surface area contributed by atoms with Crippen molar-refractivity contribution in [3.05, 3.63) is 44.9 Å². The average molecular weight is 494 g/mol. The second-order valence-electron chi connectivity index (χ2n) is 9.51. The van der Waals surface area contributed by atoms with Gasteiger partial charge in [-0.15, -0.1) is 0 Å². The molecule has 0 bridgehead atoms. The lowest BCUT2D eigenvalue weighted by atomic mass is 9.96. The maximum absolute atomic E-state index is 13.5. The number of nitrogens with one attached hydrogen (secondary N) is 2. The molecule has 3 heterocycles. The molecule has 2 N–H and O–H groups in total. The van der Waals surface area contributed by atoms with Crippen molar-refractivity contribution in [3.63, 3.8) is 0 Å². The minimum Gasteiger partial charge on any atom is -0.358 e. The van der Waals surface area contributed by atoms with Crippen LogP contribution in [0.1, 0.15) is 19.1 Å². The van der Waals surface area contributed by atoms with Crippen LogP contribution in [-0.4, -0.2) is 47.5 Å². The van der Waals surface area contributed by atoms with Crippen molar-refractivity contribution in [3.8, 4) is 11.3 Å². The van der Waals surface area contributed by atoms with Crippen LogP contribution in [0.15, 0.2) is 29.3 Å². The van der Waals surface area contributed by atoms with Crippen LogP contribution in [-0.2, 0) is 4.74 Å². The summed E-state index contributed by atoms with van der Waals surface area (Å²) in [5.74, 6) is 0.246. The molecule has 7 nitrogen and oxygen atoms in total. The van der Waals surface area contributed by atoms with Crippen LogP contribution >= 0.6 is 23.2 Å². The summed E-state index contributed by atoms with van der Waals surface area (Å²) in [6, 6.07) is 6.38. The first-order valence-corrected chi connectivity index (χ1v) is 15.4. The Kier molecular flexibility index (Phi) is 7.07. The van der Waals surface area contributed by atoms with E-state index in [2.05, 4.69) is 40.1 Å². The summed E-state index contributed by atoms with van der Waals surface area (Å²) >= 11 is 12.6. The number of aromatic nitrogens is 4. The van der Waals surface area contributed by atoms with E-state index in [4.69, 9.17) is 27.9 Å². The molecule has 4 rings (SSSR count). The Morgan fingerprint density at radius 3 is 2.69 bits per heavy atom. The summed E-state index contributed by atoms with van der Waals surface area (Å²) in [6.45, 7) is 9.44. The topological polar surface area (TPSA) is 84.8 Å². The molecule has 1 unspecified atom stereocenters. The SMILES string of the molecule is C[Si](C)(C)CCOC(C1CCNCC1)n1cnc2c(-c3cccc(Cl)c3Cl)[nH]nc2c1=O. The van der Waals surface area contributed by atoms with Gasteiger partial charge in [-0.1, -0.05) is 55.0 Å². The molecule has 0 spiro atoms. The summed E-state index contributed by atoms with van der Waals surface area (Å²) in [7, 11) is -1.26. The van der Waals surface area contributed by atoms with Gasteiger partial charge in [-0.2, -0.15) is 5.10 Å². The fourth-order valence-corrected chi connectivity index (χ4v) is 5.16. The van der Waals surface area contributed by atoms with E-state index in [1.807, 2.05) is 6.07 Å². The molecule has 3 aromatic rings. The quantitative estimate of drug-likeness (QED) is 0.454. The highest BCUT2D eigenvalue weighted by molar-refractivity contribution is 6.76. The number of piperidine rings is 1. The van der Waals surface area contributed by atoms with Crippen molar-refractivity contribution in [2.24, 2.45) is 5.92 Å². The Bertz CT molecular complexity index is 1150. The van der Waals surface area contributed by atoms with Crippen LogP contribution in [0.3, 0.4) is 0 Å². The number of H-pyrrole nitrogens is 1. The van der Waals surface area contributed by atoms with E-state index in [-0.39, 0.29) is 23.2 Å². The zero-order chi connectivity index (χ0) is 22.9. The Balaban J connectivity index is 1.72. The third kappa shape index (κ3) is 4.94. The van der Waals surface area contributed by atoms with Crippen LogP contribution in [0.5, 0.6) is 0 Å². The van der Waals surface area contributed by atoms with Gasteiger partial charge in [0.05, 0.1) is 15.7 Å². The first kappa shape index (κ1) is 23.4. The van der Waals surface area contributed by atoms with Crippen LogP contribution in [0.2, 0.25) is 35.7 Å². The molecule has 1 saturated heterocycles. The van der Waals surface area contributed by atoms with Crippen molar-refractivity contribution in [1.82, 2.24) is 25.1 Å². The Hall–Kier alpha value is -1.71. The Morgan fingerprint density at radius 1 is 1.22 bits per heavy atom. The smallest absolute Gasteiger partial charge is 0.283 e.